The minimum atomic E-state index is -0.757. The summed E-state index contributed by atoms with van der Waals surface area (Å²) < 4.78 is 0. The Morgan fingerprint density at radius 2 is 0.812 bits per heavy atom. The summed E-state index contributed by atoms with van der Waals surface area (Å²) in [5.41, 5.74) is -1.17. The number of hydrogen-bond donors (Lipinski definition) is 2. The van der Waals surface area contributed by atoms with E-state index in [9.17, 15) is 9.59 Å². The summed E-state index contributed by atoms with van der Waals surface area (Å²) in [6, 6.07) is 0. The summed E-state index contributed by atoms with van der Waals surface area (Å²) in [5.74, 6) is -1.51. The zero-order valence-corrected chi connectivity index (χ0v) is 12.0. The first-order chi connectivity index (χ1) is 5.89. The van der Waals surface area contributed by atoms with Crippen molar-refractivity contribution in [2.24, 2.45) is 10.8 Å². The van der Waals surface area contributed by atoms with Gasteiger partial charge in [-0.3, -0.25) is 9.59 Å². The molecule has 0 fully saturated rings. The van der Waals surface area contributed by atoms with E-state index in [0.29, 0.717) is 0 Å². The van der Waals surface area contributed by atoms with Crippen molar-refractivity contribution >= 4 is 11.9 Å². The molecule has 0 amide bonds. The summed E-state index contributed by atoms with van der Waals surface area (Å²) in [6.45, 7) is 9.97. The van der Waals surface area contributed by atoms with Gasteiger partial charge in [0, 0.05) is 0 Å². The largest absolute Gasteiger partial charge is 1.00 e. The maximum atomic E-state index is 10.0. The second kappa shape index (κ2) is 8.59. The predicted molar refractivity (Wildman–Crippen MR) is 60.6 cm³/mol. The van der Waals surface area contributed by atoms with Crippen LogP contribution in [0.4, 0.5) is 0 Å². The molecule has 0 atom stereocenters. The van der Waals surface area contributed by atoms with Crippen molar-refractivity contribution < 1.29 is 36.9 Å². The van der Waals surface area contributed by atoms with E-state index < -0.39 is 22.8 Å². The van der Waals surface area contributed by atoms with Crippen LogP contribution in [0.2, 0.25) is 0 Å². The molecule has 102 valence electrons. The number of hydrogen-bond acceptors (Lipinski definition) is 2. The third-order valence-corrected chi connectivity index (χ3v) is 1.28. The monoisotopic (exact) mass is 282 g/mol. The van der Waals surface area contributed by atoms with Gasteiger partial charge in [-0.05, 0) is 41.5 Å². The molecule has 0 aromatic rings. The van der Waals surface area contributed by atoms with Crippen LogP contribution in [0.5, 0.6) is 0 Å². The second-order valence-corrected chi connectivity index (χ2v) is 5.11. The normalized spacial score (nSPS) is 9.88. The van der Waals surface area contributed by atoms with E-state index in [4.69, 9.17) is 10.2 Å². The minimum Gasteiger partial charge on any atom is -0.481 e. The van der Waals surface area contributed by atoms with Gasteiger partial charge in [0.05, 0.1) is 10.8 Å². The first-order valence-electron chi connectivity index (χ1n) is 4.36. The fourth-order valence-corrected chi connectivity index (χ4v) is 0. The Morgan fingerprint density at radius 3 is 0.812 bits per heavy atom. The van der Waals surface area contributed by atoms with Crippen LogP contribution in [0.1, 0.15) is 41.5 Å². The Bertz CT molecular complexity index is 187. The summed E-state index contributed by atoms with van der Waals surface area (Å²) in [6.07, 6.45) is 0. The Morgan fingerprint density at radius 1 is 0.750 bits per heavy atom. The van der Waals surface area contributed by atoms with Gasteiger partial charge < -0.3 is 17.6 Å². The minimum absolute atomic E-state index is 0. The molecule has 0 aliphatic rings. The van der Waals surface area contributed by atoms with Crippen molar-refractivity contribution in [1.29, 1.82) is 0 Å². The molecule has 0 heterocycles. The summed E-state index contributed by atoms with van der Waals surface area (Å²) in [5, 5.41) is 16.5. The first-order valence-corrected chi connectivity index (χ1v) is 4.36. The van der Waals surface area contributed by atoms with Crippen molar-refractivity contribution in [1.82, 2.24) is 0 Å². The van der Waals surface area contributed by atoms with Crippen molar-refractivity contribution in [3.63, 3.8) is 0 Å². The van der Waals surface area contributed by atoms with Gasteiger partial charge in [-0.15, -0.1) is 0 Å². The molecule has 0 bridgehead atoms. The smallest absolute Gasteiger partial charge is 0.481 e. The van der Waals surface area contributed by atoms with Crippen LogP contribution in [-0.2, 0) is 26.7 Å². The maximum absolute atomic E-state index is 10.0. The maximum Gasteiger partial charge on any atom is 1.00 e. The molecule has 0 aliphatic heterocycles. The number of carboxylic acids is 2. The van der Waals surface area contributed by atoms with Gasteiger partial charge in [-0.1, -0.05) is 0 Å². The van der Waals surface area contributed by atoms with E-state index >= 15 is 0 Å². The van der Waals surface area contributed by atoms with Gasteiger partial charge in [-0.25, -0.2) is 0 Å². The van der Waals surface area contributed by atoms with E-state index in [1.807, 2.05) is 0 Å². The number of aliphatic carboxylic acids is 2. The zero-order valence-electron chi connectivity index (χ0n) is 11.0. The molecule has 0 saturated heterocycles. The molecule has 5 heteroatoms. The van der Waals surface area contributed by atoms with Crippen LogP contribution in [0, 0.1) is 18.3 Å². The van der Waals surface area contributed by atoms with Gasteiger partial charge in [-0.2, -0.15) is 0 Å². The predicted octanol–water partition coefficient (Wildman–Crippen LogP) is 2.68. The van der Waals surface area contributed by atoms with E-state index in [0.717, 1.165) is 0 Å². The van der Waals surface area contributed by atoms with E-state index in [2.05, 4.69) is 0 Å². The van der Waals surface area contributed by atoms with Gasteiger partial charge in [0.1, 0.15) is 0 Å². The molecule has 16 heavy (non-hydrogen) atoms. The molecule has 0 saturated carbocycles. The number of rotatable bonds is 0. The first kappa shape index (κ1) is 24.6. The number of carboxylic acid groups (broad SMARTS) is 2. The Labute approximate surface area is 109 Å². The van der Waals surface area contributed by atoms with E-state index in [1.165, 1.54) is 0 Å². The molecule has 0 radical (unpaired) electrons. The van der Waals surface area contributed by atoms with Crippen molar-refractivity contribution in [3.05, 3.63) is 7.43 Å². The summed E-state index contributed by atoms with van der Waals surface area (Å²) in [4.78, 5) is 20.0. The van der Waals surface area contributed by atoms with Crippen LogP contribution in [-0.4, -0.2) is 22.2 Å². The molecule has 0 spiro atoms. The van der Waals surface area contributed by atoms with Crippen molar-refractivity contribution in [2.45, 2.75) is 41.5 Å². The summed E-state index contributed by atoms with van der Waals surface area (Å²) in [7, 11) is 0. The fraction of sp³-hybridized carbons (Fsp3) is 0.727. The molecule has 0 aliphatic carbocycles. The molecule has 4 nitrogen and oxygen atoms in total. The van der Waals surface area contributed by atoms with E-state index in [1.54, 1.807) is 41.5 Å². The van der Waals surface area contributed by atoms with Gasteiger partial charge >= 0.3 is 29.0 Å². The van der Waals surface area contributed by atoms with Crippen LogP contribution >= 0.6 is 0 Å². The topological polar surface area (TPSA) is 74.6 Å². The number of carbonyl (C=O) groups is 2. The Hall–Kier alpha value is -0.541. The van der Waals surface area contributed by atoms with Gasteiger partial charge in [0.2, 0.25) is 0 Å². The molecular weight excluding hydrogens is 260 g/mol. The van der Waals surface area contributed by atoms with Crippen LogP contribution in [0.3, 0.4) is 0 Å². The Balaban J connectivity index is -0.0000000800. The van der Waals surface area contributed by atoms with Crippen molar-refractivity contribution in [2.75, 3.05) is 0 Å². The quantitative estimate of drug-likeness (QED) is 0.529. The average Bonchev–Trinajstić information content (AvgIpc) is 1.83. The molecule has 0 aromatic heterocycles. The summed E-state index contributed by atoms with van der Waals surface area (Å²) >= 11 is 0. The average molecular weight is 283 g/mol. The second-order valence-electron chi connectivity index (χ2n) is 5.11. The third-order valence-electron chi connectivity index (χ3n) is 1.28. The third kappa shape index (κ3) is 15.9. The van der Waals surface area contributed by atoms with Gasteiger partial charge in [0.25, 0.3) is 0 Å². The Kier molecular flexibility index (Phi) is 13.2. The molecule has 0 unspecified atom stereocenters. The molecule has 0 rings (SSSR count). The van der Waals surface area contributed by atoms with Crippen LogP contribution < -0.4 is 0 Å². The van der Waals surface area contributed by atoms with Crippen molar-refractivity contribution in [3.8, 4) is 0 Å². The molecule has 2 N–H and O–H groups in total. The fourth-order valence-electron chi connectivity index (χ4n) is 0. The zero-order chi connectivity index (χ0) is 12.2. The van der Waals surface area contributed by atoms with E-state index in [-0.39, 0.29) is 24.5 Å². The standard InChI is InChI=1S/2C5H10O2.CH3.Cu/c2*1-5(2,3)4(6)7;;/h2*1-3H3,(H,6,7);1H3;/q;;-1;+1. The molecular formula is C11H23CuO4. The van der Waals surface area contributed by atoms with Crippen LogP contribution in [0.15, 0.2) is 0 Å². The molecule has 0 aromatic carbocycles. The van der Waals surface area contributed by atoms with Crippen LogP contribution in [0.25, 0.3) is 0 Å². The van der Waals surface area contributed by atoms with Gasteiger partial charge in [0.15, 0.2) is 0 Å². The SMILES string of the molecule is CC(C)(C)C(=O)O.CC(C)(C)C(=O)O.[CH3-].[Cu+].